The van der Waals surface area contributed by atoms with E-state index in [4.69, 9.17) is 0 Å². The molecule has 1 atom stereocenters. The van der Waals surface area contributed by atoms with E-state index < -0.39 is 17.8 Å². The lowest BCUT2D eigenvalue weighted by Crippen LogP contribution is -2.42. The second-order valence-electron chi connectivity index (χ2n) is 4.08. The first kappa shape index (κ1) is 14.2. The molecule has 0 spiro atoms. The molecule has 0 bridgehead atoms. The number of benzene rings is 1. The van der Waals surface area contributed by atoms with Crippen LogP contribution in [0.1, 0.15) is 18.1 Å². The highest BCUT2D eigenvalue weighted by molar-refractivity contribution is 5.83. The maximum Gasteiger partial charge on any atom is 0.328 e. The molecule has 1 aromatic carbocycles. The molecule has 0 aliphatic heterocycles. The number of carbonyl (C=O) groups is 2. The van der Waals surface area contributed by atoms with Crippen molar-refractivity contribution in [1.82, 2.24) is 5.32 Å². The molecular formula is C13H16FNO3. The van der Waals surface area contributed by atoms with Crippen LogP contribution in [0.2, 0.25) is 0 Å². The van der Waals surface area contributed by atoms with E-state index in [2.05, 4.69) is 10.1 Å². The Morgan fingerprint density at radius 3 is 2.61 bits per heavy atom. The molecule has 0 aromatic heterocycles. The predicted octanol–water partition coefficient (Wildman–Crippen LogP) is 1.35. The fourth-order valence-corrected chi connectivity index (χ4v) is 1.62. The number of methoxy groups -OCH3 is 1. The van der Waals surface area contributed by atoms with Crippen molar-refractivity contribution in [2.45, 2.75) is 26.3 Å². The largest absolute Gasteiger partial charge is 0.467 e. The SMILES string of the molecule is COC(=O)[C@H](Cc1ccc(C)cc1F)NC(C)=O. The first-order valence-corrected chi connectivity index (χ1v) is 5.54. The van der Waals surface area contributed by atoms with Crippen LogP contribution >= 0.6 is 0 Å². The van der Waals surface area contributed by atoms with Crippen LogP contribution in [0.3, 0.4) is 0 Å². The van der Waals surface area contributed by atoms with E-state index >= 15 is 0 Å². The van der Waals surface area contributed by atoms with Crippen LogP contribution in [0.4, 0.5) is 4.39 Å². The minimum absolute atomic E-state index is 0.0678. The standard InChI is InChI=1S/C13H16FNO3/c1-8-4-5-10(11(14)6-8)7-12(13(17)18-3)15-9(2)16/h4-6,12H,7H2,1-3H3,(H,15,16)/t12-/m0/s1. The molecule has 98 valence electrons. The number of esters is 1. The second kappa shape index (κ2) is 6.14. The number of nitrogens with one attached hydrogen (secondary N) is 1. The highest BCUT2D eigenvalue weighted by atomic mass is 19.1. The maximum absolute atomic E-state index is 13.7. The van der Waals surface area contributed by atoms with Gasteiger partial charge in [0.05, 0.1) is 7.11 Å². The molecule has 1 aromatic rings. The van der Waals surface area contributed by atoms with Crippen molar-refractivity contribution in [3.8, 4) is 0 Å². The van der Waals surface area contributed by atoms with Crippen LogP contribution in [0.5, 0.6) is 0 Å². The third-order valence-electron chi connectivity index (χ3n) is 2.50. The summed E-state index contributed by atoms with van der Waals surface area (Å²) in [6.07, 6.45) is 0.0678. The molecule has 0 saturated heterocycles. The molecule has 18 heavy (non-hydrogen) atoms. The number of ether oxygens (including phenoxy) is 1. The Kier molecular flexibility index (Phi) is 4.83. The fraction of sp³-hybridized carbons (Fsp3) is 0.385. The van der Waals surface area contributed by atoms with Crippen molar-refractivity contribution in [2.75, 3.05) is 7.11 Å². The first-order chi connectivity index (χ1) is 8.43. The van der Waals surface area contributed by atoms with E-state index in [1.807, 2.05) is 0 Å². The van der Waals surface area contributed by atoms with Crippen molar-refractivity contribution in [3.05, 3.63) is 35.1 Å². The van der Waals surface area contributed by atoms with Crippen molar-refractivity contribution < 1.29 is 18.7 Å². The quantitative estimate of drug-likeness (QED) is 0.824. The molecule has 0 radical (unpaired) electrons. The average molecular weight is 253 g/mol. The third-order valence-corrected chi connectivity index (χ3v) is 2.50. The summed E-state index contributed by atoms with van der Waals surface area (Å²) in [6, 6.07) is 3.87. The van der Waals surface area contributed by atoms with E-state index in [0.717, 1.165) is 5.56 Å². The van der Waals surface area contributed by atoms with Gasteiger partial charge in [-0.2, -0.15) is 0 Å². The monoisotopic (exact) mass is 253 g/mol. The van der Waals surface area contributed by atoms with Crippen LogP contribution < -0.4 is 5.32 Å². The number of aryl methyl sites for hydroxylation is 1. The summed E-state index contributed by atoms with van der Waals surface area (Å²) < 4.78 is 18.2. The van der Waals surface area contributed by atoms with E-state index in [9.17, 15) is 14.0 Å². The lowest BCUT2D eigenvalue weighted by molar-refractivity contribution is -0.144. The van der Waals surface area contributed by atoms with E-state index in [1.165, 1.54) is 20.1 Å². The molecular weight excluding hydrogens is 237 g/mol. The Balaban J connectivity index is 2.88. The Morgan fingerprint density at radius 2 is 2.11 bits per heavy atom. The normalized spacial score (nSPS) is 11.8. The van der Waals surface area contributed by atoms with Gasteiger partial charge in [-0.3, -0.25) is 4.79 Å². The topological polar surface area (TPSA) is 55.4 Å². The predicted molar refractivity (Wildman–Crippen MR) is 64.5 cm³/mol. The van der Waals surface area contributed by atoms with Gasteiger partial charge in [-0.1, -0.05) is 12.1 Å². The van der Waals surface area contributed by atoms with Crippen LogP contribution in [0, 0.1) is 12.7 Å². The van der Waals surface area contributed by atoms with Gasteiger partial charge in [0.2, 0.25) is 5.91 Å². The van der Waals surface area contributed by atoms with E-state index in [1.54, 1.807) is 19.1 Å². The number of halogens is 1. The van der Waals surface area contributed by atoms with Crippen molar-refractivity contribution in [2.24, 2.45) is 0 Å². The number of hydrogen-bond acceptors (Lipinski definition) is 3. The zero-order valence-electron chi connectivity index (χ0n) is 10.6. The lowest BCUT2D eigenvalue weighted by Gasteiger charge is -2.16. The number of carbonyl (C=O) groups excluding carboxylic acids is 2. The van der Waals surface area contributed by atoms with Gasteiger partial charge in [0, 0.05) is 13.3 Å². The van der Waals surface area contributed by atoms with Gasteiger partial charge in [0.25, 0.3) is 0 Å². The summed E-state index contributed by atoms with van der Waals surface area (Å²) in [6.45, 7) is 3.07. The molecule has 5 heteroatoms. The van der Waals surface area contributed by atoms with Gasteiger partial charge in [-0.05, 0) is 24.1 Å². The zero-order chi connectivity index (χ0) is 13.7. The highest BCUT2D eigenvalue weighted by Gasteiger charge is 2.21. The van der Waals surface area contributed by atoms with Gasteiger partial charge in [0.1, 0.15) is 11.9 Å². The van der Waals surface area contributed by atoms with Crippen molar-refractivity contribution in [1.29, 1.82) is 0 Å². The van der Waals surface area contributed by atoms with Crippen LogP contribution in [0.25, 0.3) is 0 Å². The summed E-state index contributed by atoms with van der Waals surface area (Å²) >= 11 is 0. The maximum atomic E-state index is 13.7. The van der Waals surface area contributed by atoms with Crippen molar-refractivity contribution >= 4 is 11.9 Å². The molecule has 0 unspecified atom stereocenters. The summed E-state index contributed by atoms with van der Waals surface area (Å²) in [4.78, 5) is 22.5. The van der Waals surface area contributed by atoms with E-state index in [0.29, 0.717) is 5.56 Å². The van der Waals surface area contributed by atoms with Crippen LogP contribution in [0.15, 0.2) is 18.2 Å². The summed E-state index contributed by atoms with van der Waals surface area (Å²) in [7, 11) is 1.22. The third kappa shape index (κ3) is 3.84. The molecule has 0 aliphatic rings. The van der Waals surface area contributed by atoms with Crippen LogP contribution in [-0.2, 0) is 20.7 Å². The minimum atomic E-state index is -0.871. The highest BCUT2D eigenvalue weighted by Crippen LogP contribution is 2.12. The Bertz CT molecular complexity index is 460. The summed E-state index contributed by atoms with van der Waals surface area (Å²) in [5.41, 5.74) is 1.16. The Morgan fingerprint density at radius 1 is 1.44 bits per heavy atom. The molecule has 1 amide bonds. The summed E-state index contributed by atoms with van der Waals surface area (Å²) in [5.74, 6) is -1.35. The van der Waals surface area contributed by atoms with E-state index in [-0.39, 0.29) is 12.3 Å². The number of rotatable bonds is 4. The smallest absolute Gasteiger partial charge is 0.328 e. The molecule has 0 saturated carbocycles. The first-order valence-electron chi connectivity index (χ1n) is 5.54. The van der Waals surface area contributed by atoms with Gasteiger partial charge in [-0.15, -0.1) is 0 Å². The number of hydrogen-bond donors (Lipinski definition) is 1. The second-order valence-corrected chi connectivity index (χ2v) is 4.08. The molecule has 1 N–H and O–H groups in total. The summed E-state index contributed by atoms with van der Waals surface area (Å²) in [5, 5.41) is 2.44. The molecule has 4 nitrogen and oxygen atoms in total. The molecule has 0 heterocycles. The zero-order valence-corrected chi connectivity index (χ0v) is 10.6. The number of amides is 1. The lowest BCUT2D eigenvalue weighted by atomic mass is 10.0. The molecule has 1 rings (SSSR count). The Hall–Kier alpha value is -1.91. The van der Waals surface area contributed by atoms with Crippen LogP contribution in [-0.4, -0.2) is 25.0 Å². The Labute approximate surface area is 105 Å². The van der Waals surface area contributed by atoms with Gasteiger partial charge in [-0.25, -0.2) is 9.18 Å². The fourth-order valence-electron chi connectivity index (χ4n) is 1.62. The van der Waals surface area contributed by atoms with Gasteiger partial charge in [0.15, 0.2) is 0 Å². The average Bonchev–Trinajstić information content (AvgIpc) is 2.30. The minimum Gasteiger partial charge on any atom is -0.467 e. The van der Waals surface area contributed by atoms with Gasteiger partial charge >= 0.3 is 5.97 Å². The van der Waals surface area contributed by atoms with Gasteiger partial charge < -0.3 is 10.1 Å². The molecule has 0 fully saturated rings. The van der Waals surface area contributed by atoms with Crippen molar-refractivity contribution in [3.63, 3.8) is 0 Å². The molecule has 0 aliphatic carbocycles.